The van der Waals surface area contributed by atoms with Crippen LogP contribution in [0.25, 0.3) is 10.9 Å². The molecule has 28 heavy (non-hydrogen) atoms. The Bertz CT molecular complexity index is 946. The Kier molecular flexibility index (Phi) is 5.97. The summed E-state index contributed by atoms with van der Waals surface area (Å²) in [4.78, 5) is 15.0. The van der Waals surface area contributed by atoms with Crippen LogP contribution in [0, 0.1) is 0 Å². The van der Waals surface area contributed by atoms with Crippen molar-refractivity contribution in [2.24, 2.45) is 0 Å². The third-order valence-corrected chi connectivity index (χ3v) is 6.14. The van der Waals surface area contributed by atoms with Gasteiger partial charge in [-0.1, -0.05) is 6.07 Å². The average molecular weight is 409 g/mol. The third kappa shape index (κ3) is 5.24. The average Bonchev–Trinajstić information content (AvgIpc) is 3.14. The van der Waals surface area contributed by atoms with E-state index in [9.17, 15) is 13.2 Å². The zero-order valence-corrected chi connectivity index (χ0v) is 17.4. The summed E-state index contributed by atoms with van der Waals surface area (Å²) >= 11 is 0. The minimum Gasteiger partial charge on any atom is -0.444 e. The molecule has 0 unspecified atom stereocenters. The van der Waals surface area contributed by atoms with Crippen molar-refractivity contribution in [2.45, 2.75) is 39.2 Å². The van der Waals surface area contributed by atoms with Crippen LogP contribution in [0.3, 0.4) is 0 Å². The van der Waals surface area contributed by atoms with Crippen molar-refractivity contribution in [3.05, 3.63) is 35.5 Å². The highest BCUT2D eigenvalue weighted by Gasteiger charge is 2.26. The van der Waals surface area contributed by atoms with E-state index in [1.54, 1.807) is 0 Å². The number of carbonyl (C=O) groups excluding carboxylic acids is 1. The molecular formula is C19H28N4O4S. The van der Waals surface area contributed by atoms with E-state index in [0.29, 0.717) is 39.0 Å². The van der Waals surface area contributed by atoms with Crippen molar-refractivity contribution in [3.8, 4) is 0 Å². The van der Waals surface area contributed by atoms with Gasteiger partial charge in [0.15, 0.2) is 0 Å². The molecule has 3 rings (SSSR count). The van der Waals surface area contributed by atoms with Crippen molar-refractivity contribution in [1.29, 1.82) is 0 Å². The lowest BCUT2D eigenvalue weighted by molar-refractivity contribution is 0.0528. The second kappa shape index (κ2) is 8.10. The first kappa shape index (κ1) is 20.6. The topological polar surface area (TPSA) is 104 Å². The number of benzene rings is 1. The van der Waals surface area contributed by atoms with Gasteiger partial charge in [0.05, 0.1) is 0 Å². The first-order valence-corrected chi connectivity index (χ1v) is 10.9. The molecule has 0 saturated carbocycles. The van der Waals surface area contributed by atoms with Gasteiger partial charge in [0.1, 0.15) is 5.60 Å². The molecule has 0 radical (unpaired) electrons. The molecule has 8 nitrogen and oxygen atoms in total. The number of aromatic amines is 1. The van der Waals surface area contributed by atoms with E-state index in [1.807, 2.05) is 39.1 Å². The SMILES string of the molecule is CC(C)(C)OC(=O)NCCc1c[nH]c2ccc(CCN3CCNS3(=O)=O)cc12. The highest BCUT2D eigenvalue weighted by molar-refractivity contribution is 7.87. The van der Waals surface area contributed by atoms with E-state index in [0.717, 1.165) is 22.0 Å². The van der Waals surface area contributed by atoms with Crippen LogP contribution in [0.2, 0.25) is 0 Å². The Labute approximate surface area is 165 Å². The van der Waals surface area contributed by atoms with Gasteiger partial charge in [-0.3, -0.25) is 0 Å². The van der Waals surface area contributed by atoms with Crippen molar-refractivity contribution in [1.82, 2.24) is 19.3 Å². The quantitative estimate of drug-likeness (QED) is 0.679. The Morgan fingerprint density at radius 2 is 2.07 bits per heavy atom. The number of hydrogen-bond donors (Lipinski definition) is 3. The summed E-state index contributed by atoms with van der Waals surface area (Å²) in [5.74, 6) is 0. The van der Waals surface area contributed by atoms with Gasteiger partial charge in [0.25, 0.3) is 10.2 Å². The van der Waals surface area contributed by atoms with Gasteiger partial charge < -0.3 is 15.0 Å². The fourth-order valence-corrected chi connectivity index (χ4v) is 4.39. The van der Waals surface area contributed by atoms with Gasteiger partial charge in [0.2, 0.25) is 0 Å². The number of carbonyl (C=O) groups is 1. The van der Waals surface area contributed by atoms with Crippen molar-refractivity contribution < 1.29 is 17.9 Å². The van der Waals surface area contributed by atoms with Gasteiger partial charge in [-0.15, -0.1) is 0 Å². The Hall–Kier alpha value is -2.10. The lowest BCUT2D eigenvalue weighted by atomic mass is 10.1. The third-order valence-electron chi connectivity index (χ3n) is 4.53. The Morgan fingerprint density at radius 3 is 2.75 bits per heavy atom. The van der Waals surface area contributed by atoms with E-state index >= 15 is 0 Å². The molecule has 1 fully saturated rings. The summed E-state index contributed by atoms with van der Waals surface area (Å²) in [6, 6.07) is 6.11. The highest BCUT2D eigenvalue weighted by atomic mass is 32.2. The number of fused-ring (bicyclic) bond motifs is 1. The molecule has 1 aliphatic rings. The Morgan fingerprint density at radius 1 is 1.29 bits per heavy atom. The van der Waals surface area contributed by atoms with E-state index in [2.05, 4.69) is 21.1 Å². The number of nitrogens with zero attached hydrogens (tertiary/aromatic N) is 1. The van der Waals surface area contributed by atoms with Crippen molar-refractivity contribution in [2.75, 3.05) is 26.2 Å². The first-order chi connectivity index (χ1) is 13.1. The zero-order valence-electron chi connectivity index (χ0n) is 16.5. The predicted octanol–water partition coefficient (Wildman–Crippen LogP) is 1.93. The van der Waals surface area contributed by atoms with Crippen molar-refractivity contribution in [3.63, 3.8) is 0 Å². The normalized spacial score (nSPS) is 17.1. The second-order valence-electron chi connectivity index (χ2n) is 7.92. The first-order valence-electron chi connectivity index (χ1n) is 9.44. The summed E-state index contributed by atoms with van der Waals surface area (Å²) in [5, 5.41) is 3.86. The van der Waals surface area contributed by atoms with Gasteiger partial charge in [-0.25, -0.2) is 9.52 Å². The van der Waals surface area contributed by atoms with Gasteiger partial charge in [-0.05, 0) is 56.9 Å². The second-order valence-corrected chi connectivity index (χ2v) is 9.68. The Balaban J connectivity index is 1.60. The summed E-state index contributed by atoms with van der Waals surface area (Å²) < 4.78 is 32.9. The summed E-state index contributed by atoms with van der Waals surface area (Å²) in [7, 11) is -3.31. The van der Waals surface area contributed by atoms with Crippen LogP contribution in [0.5, 0.6) is 0 Å². The maximum Gasteiger partial charge on any atom is 0.407 e. The lowest BCUT2D eigenvalue weighted by Gasteiger charge is -2.19. The summed E-state index contributed by atoms with van der Waals surface area (Å²) in [5.41, 5.74) is 2.68. The molecule has 9 heteroatoms. The number of aromatic nitrogens is 1. The van der Waals surface area contributed by atoms with Crippen LogP contribution < -0.4 is 10.0 Å². The molecule has 2 aromatic rings. The molecular weight excluding hydrogens is 380 g/mol. The van der Waals surface area contributed by atoms with Gasteiger partial charge in [-0.2, -0.15) is 12.7 Å². The van der Waals surface area contributed by atoms with E-state index in [-0.39, 0.29) is 0 Å². The lowest BCUT2D eigenvalue weighted by Crippen LogP contribution is -2.33. The molecule has 2 heterocycles. The fraction of sp³-hybridized carbons (Fsp3) is 0.526. The molecule has 1 saturated heterocycles. The summed E-state index contributed by atoms with van der Waals surface area (Å²) in [6.07, 6.45) is 2.85. The number of nitrogens with one attached hydrogen (secondary N) is 3. The van der Waals surface area contributed by atoms with Crippen LogP contribution in [0.15, 0.2) is 24.4 Å². The largest absolute Gasteiger partial charge is 0.444 e. The molecule has 154 valence electrons. The van der Waals surface area contributed by atoms with Crippen LogP contribution >= 0.6 is 0 Å². The standard InChI is InChI=1S/C19H28N4O4S/c1-19(2,3)27-18(24)20-8-6-15-13-21-17-5-4-14(12-16(15)17)7-10-23-11-9-22-28(23,25)26/h4-5,12-13,21-22H,6-11H2,1-3H3,(H,20,24). The number of hydrogen-bond acceptors (Lipinski definition) is 4. The molecule has 1 amide bonds. The molecule has 0 spiro atoms. The maximum atomic E-state index is 11.8. The van der Waals surface area contributed by atoms with Crippen LogP contribution in [-0.2, 0) is 27.8 Å². The number of H-pyrrole nitrogens is 1. The number of ether oxygens (including phenoxy) is 1. The molecule has 3 N–H and O–H groups in total. The highest BCUT2D eigenvalue weighted by Crippen LogP contribution is 2.21. The van der Waals surface area contributed by atoms with Gasteiger partial charge in [0, 0.05) is 43.3 Å². The number of amides is 1. The predicted molar refractivity (Wildman–Crippen MR) is 108 cm³/mol. The molecule has 0 aliphatic carbocycles. The number of alkyl carbamates (subject to hydrolysis) is 1. The number of rotatable bonds is 6. The van der Waals surface area contributed by atoms with Gasteiger partial charge >= 0.3 is 6.09 Å². The summed E-state index contributed by atoms with van der Waals surface area (Å²) in [6.45, 7) is 7.40. The van der Waals surface area contributed by atoms with Crippen LogP contribution in [0.4, 0.5) is 4.79 Å². The molecule has 1 aromatic carbocycles. The monoisotopic (exact) mass is 408 g/mol. The minimum absolute atomic E-state index is 0.423. The molecule has 1 aromatic heterocycles. The smallest absolute Gasteiger partial charge is 0.407 e. The fourth-order valence-electron chi connectivity index (χ4n) is 3.20. The molecule has 1 aliphatic heterocycles. The maximum absolute atomic E-state index is 11.8. The van der Waals surface area contributed by atoms with Crippen LogP contribution in [-0.4, -0.2) is 55.6 Å². The zero-order chi connectivity index (χ0) is 20.4. The minimum atomic E-state index is -3.31. The molecule has 0 bridgehead atoms. The van der Waals surface area contributed by atoms with E-state index in [4.69, 9.17) is 4.74 Å². The van der Waals surface area contributed by atoms with Crippen LogP contribution in [0.1, 0.15) is 31.9 Å². The van der Waals surface area contributed by atoms with E-state index < -0.39 is 21.9 Å². The van der Waals surface area contributed by atoms with E-state index in [1.165, 1.54) is 4.31 Å². The van der Waals surface area contributed by atoms with Crippen molar-refractivity contribution >= 4 is 27.2 Å². The molecule has 0 atom stereocenters.